The molecular weight excluding hydrogens is 232 g/mol. The third kappa shape index (κ3) is 7.49. The van der Waals surface area contributed by atoms with E-state index >= 15 is 0 Å². The Hall–Kier alpha value is -0.790. The molecule has 1 atom stereocenters. The minimum Gasteiger partial charge on any atom is -0.480 e. The van der Waals surface area contributed by atoms with Gasteiger partial charge in [0.05, 0.1) is 6.61 Å². The van der Waals surface area contributed by atoms with E-state index in [0.717, 1.165) is 0 Å². The zero-order chi connectivity index (χ0) is 12.4. The molecule has 0 radical (unpaired) electrons. The number of carbonyl (C=O) groups excluding carboxylic acids is 1. The first kappa shape index (κ1) is 15.2. The van der Waals surface area contributed by atoms with Crippen LogP contribution in [0, 0.1) is 0 Å². The predicted octanol–water partition coefficient (Wildman–Crippen LogP) is -0.716. The minimum atomic E-state index is -1.03. The summed E-state index contributed by atoms with van der Waals surface area (Å²) in [6, 6.07) is -0.846. The molecule has 1 unspecified atom stereocenters. The Morgan fingerprint density at radius 2 is 2.25 bits per heavy atom. The van der Waals surface area contributed by atoms with E-state index in [4.69, 9.17) is 15.6 Å². The Labute approximate surface area is 98.9 Å². The second kappa shape index (κ2) is 9.44. The van der Waals surface area contributed by atoms with Crippen molar-refractivity contribution in [1.29, 1.82) is 0 Å². The normalized spacial score (nSPS) is 12.1. The first-order valence-corrected chi connectivity index (χ1v) is 6.30. The van der Waals surface area contributed by atoms with Crippen LogP contribution in [0.15, 0.2) is 0 Å². The van der Waals surface area contributed by atoms with Crippen LogP contribution in [-0.4, -0.2) is 54.8 Å². The van der Waals surface area contributed by atoms with Gasteiger partial charge in [-0.1, -0.05) is 0 Å². The number of ether oxygens (including phenoxy) is 1. The van der Waals surface area contributed by atoms with Gasteiger partial charge in [-0.05, 0) is 18.4 Å². The number of rotatable bonds is 9. The molecule has 94 valence electrons. The lowest BCUT2D eigenvalue weighted by Gasteiger charge is -2.13. The van der Waals surface area contributed by atoms with Crippen molar-refractivity contribution < 1.29 is 19.4 Å². The number of carboxylic acid groups (broad SMARTS) is 1. The SMILES string of the molecule is CSCCC(NC(=O)COCCN)C(=O)O. The summed E-state index contributed by atoms with van der Waals surface area (Å²) in [7, 11) is 0. The topological polar surface area (TPSA) is 102 Å². The molecule has 16 heavy (non-hydrogen) atoms. The summed E-state index contributed by atoms with van der Waals surface area (Å²) in [6.07, 6.45) is 2.28. The Balaban J connectivity index is 3.88. The molecular formula is C9H18N2O4S. The van der Waals surface area contributed by atoms with Crippen LogP contribution in [0.2, 0.25) is 0 Å². The number of carbonyl (C=O) groups is 2. The van der Waals surface area contributed by atoms with E-state index in [2.05, 4.69) is 5.32 Å². The molecule has 0 aliphatic heterocycles. The molecule has 4 N–H and O–H groups in total. The van der Waals surface area contributed by atoms with Crippen molar-refractivity contribution in [1.82, 2.24) is 5.32 Å². The van der Waals surface area contributed by atoms with Gasteiger partial charge in [0.25, 0.3) is 0 Å². The molecule has 0 saturated carbocycles. The molecule has 0 spiro atoms. The first-order chi connectivity index (χ1) is 7.61. The fourth-order valence-electron chi connectivity index (χ4n) is 0.977. The van der Waals surface area contributed by atoms with Crippen molar-refractivity contribution in [2.75, 3.05) is 31.8 Å². The van der Waals surface area contributed by atoms with Crippen molar-refractivity contribution in [3.05, 3.63) is 0 Å². The number of nitrogens with two attached hydrogens (primary N) is 1. The summed E-state index contributed by atoms with van der Waals surface area (Å²) in [5.41, 5.74) is 5.18. The van der Waals surface area contributed by atoms with E-state index in [1.807, 2.05) is 6.26 Å². The molecule has 0 bridgehead atoms. The number of hydrogen-bond acceptors (Lipinski definition) is 5. The Morgan fingerprint density at radius 1 is 1.56 bits per heavy atom. The Morgan fingerprint density at radius 3 is 2.75 bits per heavy atom. The predicted molar refractivity (Wildman–Crippen MR) is 62.4 cm³/mol. The number of nitrogens with one attached hydrogen (secondary N) is 1. The van der Waals surface area contributed by atoms with Gasteiger partial charge in [-0.2, -0.15) is 11.8 Å². The molecule has 0 saturated heterocycles. The van der Waals surface area contributed by atoms with E-state index in [1.54, 1.807) is 0 Å². The number of amides is 1. The average molecular weight is 250 g/mol. The molecule has 0 heterocycles. The lowest BCUT2D eigenvalue weighted by atomic mass is 10.2. The third-order valence-electron chi connectivity index (χ3n) is 1.74. The standard InChI is InChI=1S/C9H18N2O4S/c1-16-5-2-7(9(13)14)11-8(12)6-15-4-3-10/h7H,2-6,10H2,1H3,(H,11,12)(H,13,14). The molecule has 0 aliphatic rings. The summed E-state index contributed by atoms with van der Waals surface area (Å²) in [5.74, 6) is -0.774. The highest BCUT2D eigenvalue weighted by Crippen LogP contribution is 2.00. The second-order valence-electron chi connectivity index (χ2n) is 3.08. The van der Waals surface area contributed by atoms with E-state index in [1.165, 1.54) is 11.8 Å². The van der Waals surface area contributed by atoms with Crippen molar-refractivity contribution >= 4 is 23.6 Å². The summed E-state index contributed by atoms with van der Waals surface area (Å²) in [5, 5.41) is 11.2. The van der Waals surface area contributed by atoms with Crippen LogP contribution in [0.25, 0.3) is 0 Å². The van der Waals surface area contributed by atoms with Crippen molar-refractivity contribution in [3.63, 3.8) is 0 Å². The zero-order valence-corrected chi connectivity index (χ0v) is 10.1. The minimum absolute atomic E-state index is 0.153. The lowest BCUT2D eigenvalue weighted by molar-refractivity contribution is -0.142. The van der Waals surface area contributed by atoms with E-state index in [-0.39, 0.29) is 13.2 Å². The molecule has 0 rings (SSSR count). The van der Waals surface area contributed by atoms with Crippen LogP contribution in [0.1, 0.15) is 6.42 Å². The summed E-state index contributed by atoms with van der Waals surface area (Å²) in [6.45, 7) is 0.471. The van der Waals surface area contributed by atoms with Gasteiger partial charge in [-0.3, -0.25) is 4.79 Å². The van der Waals surface area contributed by atoms with Crippen LogP contribution >= 0.6 is 11.8 Å². The largest absolute Gasteiger partial charge is 0.480 e. The number of hydrogen-bond donors (Lipinski definition) is 3. The molecule has 6 nitrogen and oxygen atoms in total. The third-order valence-corrected chi connectivity index (χ3v) is 2.38. The molecule has 0 aromatic heterocycles. The number of aliphatic carboxylic acids is 1. The monoisotopic (exact) mass is 250 g/mol. The van der Waals surface area contributed by atoms with Crippen molar-refractivity contribution in [2.24, 2.45) is 5.73 Å². The molecule has 1 amide bonds. The maximum atomic E-state index is 11.2. The summed E-state index contributed by atoms with van der Waals surface area (Å²) < 4.78 is 4.89. The van der Waals surface area contributed by atoms with Crippen molar-refractivity contribution in [3.8, 4) is 0 Å². The second-order valence-corrected chi connectivity index (χ2v) is 4.07. The number of thioether (sulfide) groups is 1. The smallest absolute Gasteiger partial charge is 0.326 e. The van der Waals surface area contributed by atoms with Gasteiger partial charge in [0.2, 0.25) is 5.91 Å². The van der Waals surface area contributed by atoms with Crippen LogP contribution in [0.4, 0.5) is 0 Å². The Bertz CT molecular complexity index is 226. The molecule has 0 aliphatic carbocycles. The van der Waals surface area contributed by atoms with Gasteiger partial charge in [-0.25, -0.2) is 4.79 Å². The van der Waals surface area contributed by atoms with E-state index < -0.39 is 17.9 Å². The summed E-state index contributed by atoms with van der Waals surface area (Å²) >= 11 is 1.53. The van der Waals surface area contributed by atoms with Crippen LogP contribution < -0.4 is 11.1 Å². The van der Waals surface area contributed by atoms with Gasteiger partial charge in [0.1, 0.15) is 12.6 Å². The van der Waals surface area contributed by atoms with Crippen LogP contribution in [0.5, 0.6) is 0 Å². The molecule has 7 heteroatoms. The van der Waals surface area contributed by atoms with E-state index in [9.17, 15) is 9.59 Å². The van der Waals surface area contributed by atoms with Gasteiger partial charge < -0.3 is 20.9 Å². The molecule has 0 aromatic rings. The highest BCUT2D eigenvalue weighted by atomic mass is 32.2. The van der Waals surface area contributed by atoms with Gasteiger partial charge >= 0.3 is 5.97 Å². The van der Waals surface area contributed by atoms with Crippen LogP contribution in [0.3, 0.4) is 0 Å². The van der Waals surface area contributed by atoms with Crippen LogP contribution in [-0.2, 0) is 14.3 Å². The fourth-order valence-corrected chi connectivity index (χ4v) is 1.45. The number of carboxylic acids is 1. The average Bonchev–Trinajstić information content (AvgIpc) is 2.24. The molecule has 0 fully saturated rings. The Kier molecular flexibility index (Phi) is 8.97. The quantitative estimate of drug-likeness (QED) is 0.467. The fraction of sp³-hybridized carbons (Fsp3) is 0.778. The van der Waals surface area contributed by atoms with Gasteiger partial charge in [-0.15, -0.1) is 0 Å². The maximum absolute atomic E-state index is 11.2. The zero-order valence-electron chi connectivity index (χ0n) is 9.27. The van der Waals surface area contributed by atoms with Gasteiger partial charge in [0, 0.05) is 6.54 Å². The first-order valence-electron chi connectivity index (χ1n) is 4.90. The maximum Gasteiger partial charge on any atom is 0.326 e. The molecule has 0 aromatic carbocycles. The highest BCUT2D eigenvalue weighted by Gasteiger charge is 2.18. The highest BCUT2D eigenvalue weighted by molar-refractivity contribution is 7.98. The van der Waals surface area contributed by atoms with Crippen molar-refractivity contribution in [2.45, 2.75) is 12.5 Å². The lowest BCUT2D eigenvalue weighted by Crippen LogP contribution is -2.43. The summed E-state index contributed by atoms with van der Waals surface area (Å²) in [4.78, 5) is 22.0. The van der Waals surface area contributed by atoms with E-state index in [0.29, 0.717) is 18.7 Å². The van der Waals surface area contributed by atoms with Gasteiger partial charge in [0.15, 0.2) is 0 Å².